The third-order valence-electron chi connectivity index (χ3n) is 3.42. The average molecular weight is 285 g/mol. The molecule has 0 aliphatic carbocycles. The highest BCUT2D eigenvalue weighted by atomic mass is 19.1. The van der Waals surface area contributed by atoms with Crippen LogP contribution >= 0.6 is 0 Å². The van der Waals surface area contributed by atoms with Gasteiger partial charge < -0.3 is 15.2 Å². The van der Waals surface area contributed by atoms with Gasteiger partial charge in [-0.2, -0.15) is 0 Å². The van der Waals surface area contributed by atoms with Crippen molar-refractivity contribution in [2.75, 3.05) is 19.8 Å². The minimum absolute atomic E-state index is 0.136. The van der Waals surface area contributed by atoms with E-state index >= 15 is 0 Å². The van der Waals surface area contributed by atoms with E-state index in [1.165, 1.54) is 12.1 Å². The van der Waals surface area contributed by atoms with Crippen LogP contribution in [0.4, 0.5) is 8.78 Å². The van der Waals surface area contributed by atoms with Crippen LogP contribution in [0.2, 0.25) is 0 Å². The molecule has 1 atom stereocenters. The maximum Gasteiger partial charge on any atom is 0.190 e. The highest BCUT2D eigenvalue weighted by Gasteiger charge is 2.18. The molecule has 1 aromatic rings. The Bertz CT molecular complexity index is 422. The van der Waals surface area contributed by atoms with Crippen LogP contribution in [0, 0.1) is 17.6 Å². The third kappa shape index (κ3) is 4.15. The second kappa shape index (κ2) is 6.99. The molecule has 0 aromatic heterocycles. The molecule has 0 bridgehead atoms. The molecular weight excluding hydrogens is 264 g/mol. The zero-order chi connectivity index (χ0) is 14.5. The predicted octanol–water partition coefficient (Wildman–Crippen LogP) is 2.66. The van der Waals surface area contributed by atoms with Crippen LogP contribution in [-0.2, 0) is 11.2 Å². The Morgan fingerprint density at radius 2 is 1.90 bits per heavy atom. The Morgan fingerprint density at radius 3 is 2.45 bits per heavy atom. The molecule has 1 aromatic carbocycles. The van der Waals surface area contributed by atoms with Crippen molar-refractivity contribution in [1.29, 1.82) is 0 Å². The van der Waals surface area contributed by atoms with Gasteiger partial charge in [0.2, 0.25) is 0 Å². The van der Waals surface area contributed by atoms with E-state index in [2.05, 4.69) is 0 Å². The largest absolute Gasteiger partial charge is 0.487 e. The van der Waals surface area contributed by atoms with Crippen molar-refractivity contribution in [2.45, 2.75) is 32.2 Å². The van der Waals surface area contributed by atoms with Gasteiger partial charge in [0.25, 0.3) is 0 Å². The fourth-order valence-corrected chi connectivity index (χ4v) is 2.35. The highest BCUT2D eigenvalue weighted by molar-refractivity contribution is 5.31. The molecule has 1 aliphatic rings. The van der Waals surface area contributed by atoms with Gasteiger partial charge in [-0.1, -0.05) is 0 Å². The van der Waals surface area contributed by atoms with E-state index in [-0.39, 0.29) is 11.8 Å². The molecule has 0 saturated carbocycles. The fraction of sp³-hybridized carbons (Fsp3) is 0.600. The van der Waals surface area contributed by atoms with Crippen molar-refractivity contribution in [3.8, 4) is 5.75 Å². The van der Waals surface area contributed by atoms with E-state index in [1.807, 2.05) is 0 Å². The molecular formula is C15H21F2NO2. The van der Waals surface area contributed by atoms with Gasteiger partial charge in [0.05, 0.1) is 6.61 Å². The van der Waals surface area contributed by atoms with Crippen LogP contribution < -0.4 is 10.5 Å². The summed E-state index contributed by atoms with van der Waals surface area (Å²) in [6.07, 6.45) is 2.17. The summed E-state index contributed by atoms with van der Waals surface area (Å²) in [4.78, 5) is 0. The number of nitrogens with two attached hydrogens (primary N) is 1. The quantitative estimate of drug-likeness (QED) is 0.904. The van der Waals surface area contributed by atoms with Gasteiger partial charge in [0.15, 0.2) is 17.4 Å². The lowest BCUT2D eigenvalue weighted by molar-refractivity contribution is 0.0485. The van der Waals surface area contributed by atoms with Crippen LogP contribution in [0.25, 0.3) is 0 Å². The number of halogens is 2. The monoisotopic (exact) mass is 285 g/mol. The minimum atomic E-state index is -0.660. The maximum atomic E-state index is 13.9. The Hall–Kier alpha value is -1.20. The molecule has 5 heteroatoms. The topological polar surface area (TPSA) is 44.5 Å². The smallest absolute Gasteiger partial charge is 0.190 e. The Morgan fingerprint density at radius 1 is 1.30 bits per heavy atom. The first-order valence-electron chi connectivity index (χ1n) is 7.00. The number of benzene rings is 1. The van der Waals surface area contributed by atoms with Gasteiger partial charge in [-0.3, -0.25) is 0 Å². The van der Waals surface area contributed by atoms with Gasteiger partial charge in [-0.25, -0.2) is 8.78 Å². The van der Waals surface area contributed by atoms with Crippen LogP contribution in [0.15, 0.2) is 12.1 Å². The molecule has 2 rings (SSSR count). The lowest BCUT2D eigenvalue weighted by Crippen LogP contribution is -2.22. The summed E-state index contributed by atoms with van der Waals surface area (Å²) >= 11 is 0. The molecule has 0 spiro atoms. The van der Waals surface area contributed by atoms with Gasteiger partial charge in [0, 0.05) is 19.3 Å². The van der Waals surface area contributed by atoms with E-state index < -0.39 is 11.6 Å². The second-order valence-electron chi connectivity index (χ2n) is 5.44. The molecule has 112 valence electrons. The summed E-state index contributed by atoms with van der Waals surface area (Å²) in [6, 6.07) is 2.46. The van der Waals surface area contributed by atoms with Gasteiger partial charge >= 0.3 is 0 Å². The van der Waals surface area contributed by atoms with Crippen molar-refractivity contribution in [1.82, 2.24) is 0 Å². The predicted molar refractivity (Wildman–Crippen MR) is 72.7 cm³/mol. The van der Waals surface area contributed by atoms with Gasteiger partial charge in [0.1, 0.15) is 0 Å². The maximum absolute atomic E-state index is 13.9. The van der Waals surface area contributed by atoms with Crippen LogP contribution in [0.1, 0.15) is 25.3 Å². The lowest BCUT2D eigenvalue weighted by atomic mass is 10.0. The molecule has 1 fully saturated rings. The summed E-state index contributed by atoms with van der Waals surface area (Å²) in [6.45, 7) is 3.49. The molecule has 0 amide bonds. The lowest BCUT2D eigenvalue weighted by Gasteiger charge is -2.22. The van der Waals surface area contributed by atoms with E-state index in [9.17, 15) is 8.78 Å². The molecule has 1 heterocycles. The summed E-state index contributed by atoms with van der Waals surface area (Å²) in [7, 11) is 0. The van der Waals surface area contributed by atoms with E-state index in [1.54, 1.807) is 6.92 Å². The summed E-state index contributed by atoms with van der Waals surface area (Å²) in [5.41, 5.74) is 6.18. The molecule has 1 saturated heterocycles. The van der Waals surface area contributed by atoms with Crippen molar-refractivity contribution in [3.05, 3.63) is 29.3 Å². The SMILES string of the molecule is CC(N)Cc1cc(F)c(OCC2CCOCC2)c(F)c1. The molecule has 20 heavy (non-hydrogen) atoms. The molecule has 0 radical (unpaired) electrons. The van der Waals surface area contributed by atoms with Gasteiger partial charge in [-0.05, 0) is 49.8 Å². The summed E-state index contributed by atoms with van der Waals surface area (Å²) in [5.74, 6) is -1.31. The first-order valence-corrected chi connectivity index (χ1v) is 7.00. The van der Waals surface area contributed by atoms with Crippen molar-refractivity contribution < 1.29 is 18.3 Å². The van der Waals surface area contributed by atoms with Crippen molar-refractivity contribution >= 4 is 0 Å². The molecule has 2 N–H and O–H groups in total. The zero-order valence-electron chi connectivity index (χ0n) is 11.7. The Kier molecular flexibility index (Phi) is 5.31. The minimum Gasteiger partial charge on any atom is -0.487 e. The number of ether oxygens (including phenoxy) is 2. The van der Waals surface area contributed by atoms with Gasteiger partial charge in [-0.15, -0.1) is 0 Å². The standard InChI is InChI=1S/C15H21F2NO2/c1-10(18)6-12-7-13(16)15(14(17)8-12)20-9-11-2-4-19-5-3-11/h7-8,10-11H,2-6,9,18H2,1H3. The van der Waals surface area contributed by atoms with Crippen LogP contribution in [-0.4, -0.2) is 25.9 Å². The fourth-order valence-electron chi connectivity index (χ4n) is 2.35. The molecule has 3 nitrogen and oxygen atoms in total. The first kappa shape index (κ1) is 15.2. The summed E-state index contributed by atoms with van der Waals surface area (Å²) in [5, 5.41) is 0. The van der Waals surface area contributed by atoms with E-state index in [4.69, 9.17) is 15.2 Å². The number of hydrogen-bond donors (Lipinski definition) is 1. The number of hydrogen-bond acceptors (Lipinski definition) is 3. The summed E-state index contributed by atoms with van der Waals surface area (Å²) < 4.78 is 38.3. The average Bonchev–Trinajstić information content (AvgIpc) is 2.38. The Labute approximate surface area is 118 Å². The second-order valence-corrected chi connectivity index (χ2v) is 5.44. The first-order chi connectivity index (χ1) is 9.56. The van der Waals surface area contributed by atoms with Crippen molar-refractivity contribution in [2.24, 2.45) is 11.7 Å². The van der Waals surface area contributed by atoms with Crippen LogP contribution in [0.5, 0.6) is 5.75 Å². The van der Waals surface area contributed by atoms with E-state index in [0.717, 1.165) is 12.8 Å². The Balaban J connectivity index is 2.00. The third-order valence-corrected chi connectivity index (χ3v) is 3.42. The highest BCUT2D eigenvalue weighted by Crippen LogP contribution is 2.25. The molecule has 1 aliphatic heterocycles. The number of rotatable bonds is 5. The zero-order valence-corrected chi connectivity index (χ0v) is 11.7. The van der Waals surface area contributed by atoms with E-state index in [0.29, 0.717) is 37.7 Å². The normalized spacial score (nSPS) is 18.0. The molecule has 1 unspecified atom stereocenters. The van der Waals surface area contributed by atoms with Crippen molar-refractivity contribution in [3.63, 3.8) is 0 Å². The van der Waals surface area contributed by atoms with Crippen LogP contribution in [0.3, 0.4) is 0 Å².